The molecule has 8 heteroatoms. The molecule has 0 saturated carbocycles. The summed E-state index contributed by atoms with van der Waals surface area (Å²) in [5.74, 6) is 0. The highest BCUT2D eigenvalue weighted by Gasteiger charge is 2.23. The summed E-state index contributed by atoms with van der Waals surface area (Å²) in [6.45, 7) is 6.14. The van der Waals surface area contributed by atoms with Crippen molar-refractivity contribution in [3.8, 4) is 10.6 Å². The molecule has 3 heterocycles. The number of hydrogen-bond acceptors (Lipinski definition) is 4. The van der Waals surface area contributed by atoms with E-state index in [0.29, 0.717) is 17.6 Å². The lowest BCUT2D eigenvalue weighted by Crippen LogP contribution is -2.45. The van der Waals surface area contributed by atoms with Crippen LogP contribution in [0.3, 0.4) is 0 Å². The number of aromatic amines is 2. The molecule has 0 aromatic carbocycles. The van der Waals surface area contributed by atoms with E-state index in [2.05, 4.69) is 9.97 Å². The van der Waals surface area contributed by atoms with Gasteiger partial charge in [0.15, 0.2) is 5.39 Å². The molecule has 0 aliphatic rings. The van der Waals surface area contributed by atoms with Gasteiger partial charge in [0.2, 0.25) is 5.65 Å². The first-order valence-electron chi connectivity index (χ1n) is 7.37. The van der Waals surface area contributed by atoms with Crippen molar-refractivity contribution in [2.75, 3.05) is 0 Å². The summed E-state index contributed by atoms with van der Waals surface area (Å²) >= 11 is 1.48. The maximum atomic E-state index is 12.8. The summed E-state index contributed by atoms with van der Waals surface area (Å²) in [4.78, 5) is 44.4. The third-order valence-electron chi connectivity index (χ3n) is 3.77. The normalized spacial score (nSPS) is 11.3. The molecule has 120 valence electrons. The first kappa shape index (κ1) is 15.4. The molecule has 0 radical (unpaired) electrons. The van der Waals surface area contributed by atoms with E-state index in [1.807, 2.05) is 19.1 Å². The van der Waals surface area contributed by atoms with Crippen molar-refractivity contribution in [3.05, 3.63) is 48.3 Å². The molecule has 0 amide bonds. The van der Waals surface area contributed by atoms with Gasteiger partial charge in [0.25, 0.3) is 5.56 Å². The Morgan fingerprint density at radius 2 is 1.83 bits per heavy atom. The molecule has 0 fully saturated rings. The van der Waals surface area contributed by atoms with Gasteiger partial charge in [0.1, 0.15) is 5.69 Å². The Bertz CT molecular complexity index is 1070. The van der Waals surface area contributed by atoms with Crippen molar-refractivity contribution in [2.45, 2.75) is 33.9 Å². The molecule has 3 aromatic heterocycles. The average molecular weight is 333 g/mol. The minimum atomic E-state index is -0.450. The van der Waals surface area contributed by atoms with Crippen molar-refractivity contribution in [1.29, 1.82) is 0 Å². The molecule has 0 bridgehead atoms. The Hall–Kier alpha value is -2.48. The standard InChI is InChI=1S/C15H16N4O3S/c1-4-18-12-10(13(20)19(5-2)15(18)22)11(16-14(21)17-12)9-7-6-8(3)23-9/h6-7H,4-5H2,1-3H3,(H,16,17,21)/p+1. The Labute approximate surface area is 134 Å². The molecular weight excluding hydrogens is 316 g/mol. The lowest BCUT2D eigenvalue weighted by molar-refractivity contribution is -0.374. The number of nitrogens with zero attached hydrogens (tertiary/aromatic N) is 2. The molecule has 0 atom stereocenters. The van der Waals surface area contributed by atoms with Crippen LogP contribution in [0.25, 0.3) is 21.6 Å². The minimum Gasteiger partial charge on any atom is -0.268 e. The third-order valence-corrected chi connectivity index (χ3v) is 4.79. The highest BCUT2D eigenvalue weighted by atomic mass is 32.1. The summed E-state index contributed by atoms with van der Waals surface area (Å²) in [7, 11) is 0. The monoisotopic (exact) mass is 333 g/mol. The van der Waals surface area contributed by atoms with E-state index in [4.69, 9.17) is 0 Å². The quantitative estimate of drug-likeness (QED) is 0.766. The molecule has 3 rings (SSSR count). The first-order chi connectivity index (χ1) is 11.0. The van der Waals surface area contributed by atoms with E-state index < -0.39 is 16.9 Å². The lowest BCUT2D eigenvalue weighted by atomic mass is 10.2. The van der Waals surface area contributed by atoms with E-state index in [0.717, 1.165) is 9.75 Å². The van der Waals surface area contributed by atoms with Crippen molar-refractivity contribution in [3.63, 3.8) is 0 Å². The second-order valence-electron chi connectivity index (χ2n) is 5.16. The van der Waals surface area contributed by atoms with E-state index in [-0.39, 0.29) is 12.2 Å². The number of hydrogen-bond donors (Lipinski definition) is 1. The SMILES string of the molecule is CCn1c(=O)c2c(-c3ccc(C)s3)[nH]c(=O)[nH+]c2n(CC)c1=O. The number of aromatic nitrogens is 4. The number of rotatable bonds is 3. The van der Waals surface area contributed by atoms with Gasteiger partial charge >= 0.3 is 11.4 Å². The molecular formula is C15H17N4O3S+. The van der Waals surface area contributed by atoms with Gasteiger partial charge in [-0.25, -0.2) is 28.7 Å². The maximum Gasteiger partial charge on any atom is 0.439 e. The van der Waals surface area contributed by atoms with Crippen LogP contribution in [0.15, 0.2) is 26.5 Å². The molecule has 2 N–H and O–H groups in total. The van der Waals surface area contributed by atoms with Gasteiger partial charge in [-0.05, 0) is 32.9 Å². The Balaban J connectivity index is 2.59. The molecule has 0 saturated heterocycles. The number of H-pyrrole nitrogens is 2. The van der Waals surface area contributed by atoms with Crippen LogP contribution < -0.4 is 21.9 Å². The molecule has 0 unspecified atom stereocenters. The van der Waals surface area contributed by atoms with Gasteiger partial charge in [-0.1, -0.05) is 0 Å². The van der Waals surface area contributed by atoms with Crippen LogP contribution in [0.4, 0.5) is 0 Å². The lowest BCUT2D eigenvalue weighted by Gasteiger charge is -2.08. The summed E-state index contributed by atoms with van der Waals surface area (Å²) in [5, 5.41) is 0.328. The highest BCUT2D eigenvalue weighted by Crippen LogP contribution is 2.28. The highest BCUT2D eigenvalue weighted by molar-refractivity contribution is 7.15. The number of nitrogens with one attached hydrogen (secondary N) is 2. The van der Waals surface area contributed by atoms with E-state index in [1.165, 1.54) is 20.5 Å². The second-order valence-corrected chi connectivity index (χ2v) is 6.45. The fraction of sp³-hybridized carbons (Fsp3) is 0.333. The van der Waals surface area contributed by atoms with Crippen LogP contribution in [-0.4, -0.2) is 14.1 Å². The summed E-state index contributed by atoms with van der Waals surface area (Å²) in [6.07, 6.45) is 0. The van der Waals surface area contributed by atoms with Crippen LogP contribution in [0.5, 0.6) is 0 Å². The minimum absolute atomic E-state index is 0.261. The van der Waals surface area contributed by atoms with Crippen molar-refractivity contribution < 1.29 is 4.98 Å². The smallest absolute Gasteiger partial charge is 0.268 e. The van der Waals surface area contributed by atoms with E-state index in [1.54, 1.807) is 13.8 Å². The second kappa shape index (κ2) is 5.62. The number of aryl methyl sites for hydroxylation is 2. The van der Waals surface area contributed by atoms with Gasteiger partial charge in [0.05, 0.1) is 11.4 Å². The van der Waals surface area contributed by atoms with Crippen molar-refractivity contribution in [1.82, 2.24) is 14.1 Å². The van der Waals surface area contributed by atoms with E-state index in [9.17, 15) is 14.4 Å². The molecule has 0 aliphatic carbocycles. The number of fused-ring (bicyclic) bond motifs is 1. The van der Waals surface area contributed by atoms with Gasteiger partial charge in [-0.15, -0.1) is 11.3 Å². The molecule has 3 aromatic rings. The van der Waals surface area contributed by atoms with Crippen LogP contribution in [0.2, 0.25) is 0 Å². The zero-order chi connectivity index (χ0) is 16.7. The van der Waals surface area contributed by atoms with E-state index >= 15 is 0 Å². The topological polar surface area (TPSA) is 91.0 Å². The maximum absolute atomic E-state index is 12.8. The average Bonchev–Trinajstić information content (AvgIpc) is 2.93. The van der Waals surface area contributed by atoms with Crippen LogP contribution >= 0.6 is 11.3 Å². The molecule has 0 spiro atoms. The zero-order valence-electron chi connectivity index (χ0n) is 13.1. The van der Waals surface area contributed by atoms with Gasteiger partial charge in [0, 0.05) is 11.4 Å². The predicted octanol–water partition coefficient (Wildman–Crippen LogP) is 0.742. The fourth-order valence-corrected chi connectivity index (χ4v) is 3.57. The van der Waals surface area contributed by atoms with Crippen LogP contribution in [0.1, 0.15) is 18.7 Å². The molecule has 0 aliphatic heterocycles. The van der Waals surface area contributed by atoms with Crippen LogP contribution in [-0.2, 0) is 13.1 Å². The number of thiophene rings is 1. The van der Waals surface area contributed by atoms with Crippen molar-refractivity contribution >= 4 is 22.4 Å². The summed E-state index contributed by atoms with van der Waals surface area (Å²) in [5.41, 5.74) is -0.546. The summed E-state index contributed by atoms with van der Waals surface area (Å²) in [6, 6.07) is 3.79. The van der Waals surface area contributed by atoms with Gasteiger partial charge < -0.3 is 0 Å². The molecule has 23 heavy (non-hydrogen) atoms. The Morgan fingerprint density at radius 3 is 2.39 bits per heavy atom. The van der Waals surface area contributed by atoms with Crippen molar-refractivity contribution in [2.24, 2.45) is 0 Å². The van der Waals surface area contributed by atoms with Gasteiger partial charge in [-0.3, -0.25) is 4.79 Å². The third kappa shape index (κ3) is 2.35. The van der Waals surface area contributed by atoms with Crippen LogP contribution in [0, 0.1) is 6.92 Å². The fourth-order valence-electron chi connectivity index (χ4n) is 2.70. The predicted molar refractivity (Wildman–Crippen MR) is 89.0 cm³/mol. The molecule has 7 nitrogen and oxygen atoms in total. The summed E-state index contributed by atoms with van der Waals surface area (Å²) < 4.78 is 2.60. The van der Waals surface area contributed by atoms with Gasteiger partial charge in [-0.2, -0.15) is 0 Å². The largest absolute Gasteiger partial charge is 0.439 e. The Kier molecular flexibility index (Phi) is 3.77. The Morgan fingerprint density at radius 1 is 1.13 bits per heavy atom. The zero-order valence-corrected chi connectivity index (χ0v) is 13.9. The first-order valence-corrected chi connectivity index (χ1v) is 8.19.